The minimum absolute atomic E-state index is 0.0377. The predicted molar refractivity (Wildman–Crippen MR) is 123 cm³/mol. The fourth-order valence-electron chi connectivity index (χ4n) is 4.57. The van der Waals surface area contributed by atoms with Crippen molar-refractivity contribution < 1.29 is 4.79 Å². The minimum atomic E-state index is 0.0377. The van der Waals surface area contributed by atoms with Crippen molar-refractivity contribution in [1.29, 1.82) is 0 Å². The molecule has 2 aliphatic rings. The zero-order valence-corrected chi connectivity index (χ0v) is 18.8. The van der Waals surface area contributed by atoms with Crippen molar-refractivity contribution in [3.63, 3.8) is 0 Å². The Balaban J connectivity index is 1.40. The van der Waals surface area contributed by atoms with E-state index >= 15 is 0 Å². The van der Waals surface area contributed by atoms with Crippen LogP contribution in [0.15, 0.2) is 42.6 Å². The van der Waals surface area contributed by atoms with E-state index in [-0.39, 0.29) is 11.9 Å². The standard InChI is InChI=1S/C24H27N5OS/c1-16-8-12-25-23(27-16)26-15-19-14-24(9-10-24)11-13-29(19)22(30)20-21(31-17(2)28-20)18-6-4-3-5-7-18/h3-8,12,19H,9-11,13-15H2,1-2H3,(H,25,26,27). The van der Waals surface area contributed by atoms with Crippen molar-refractivity contribution in [2.75, 3.05) is 18.4 Å². The number of likely N-dealkylation sites (tertiary alicyclic amines) is 1. The molecule has 31 heavy (non-hydrogen) atoms. The highest BCUT2D eigenvalue weighted by atomic mass is 32.1. The molecular weight excluding hydrogens is 406 g/mol. The Kier molecular flexibility index (Phi) is 5.22. The van der Waals surface area contributed by atoms with E-state index in [1.807, 2.05) is 55.1 Å². The summed E-state index contributed by atoms with van der Waals surface area (Å²) in [7, 11) is 0. The molecule has 160 valence electrons. The molecule has 3 heterocycles. The smallest absolute Gasteiger partial charge is 0.274 e. The third-order valence-electron chi connectivity index (χ3n) is 6.47. The van der Waals surface area contributed by atoms with Gasteiger partial charge in [-0.25, -0.2) is 15.0 Å². The summed E-state index contributed by atoms with van der Waals surface area (Å²) < 4.78 is 0. The summed E-state index contributed by atoms with van der Waals surface area (Å²) in [5, 5.41) is 4.29. The van der Waals surface area contributed by atoms with Crippen LogP contribution in [0.2, 0.25) is 0 Å². The summed E-state index contributed by atoms with van der Waals surface area (Å²) in [5.41, 5.74) is 2.99. The van der Waals surface area contributed by atoms with Crippen LogP contribution < -0.4 is 5.32 Å². The monoisotopic (exact) mass is 433 g/mol. The maximum absolute atomic E-state index is 13.7. The topological polar surface area (TPSA) is 71.0 Å². The maximum Gasteiger partial charge on any atom is 0.274 e. The van der Waals surface area contributed by atoms with Crippen LogP contribution >= 0.6 is 11.3 Å². The summed E-state index contributed by atoms with van der Waals surface area (Å²) in [4.78, 5) is 30.2. The molecule has 1 aromatic carbocycles. The number of aromatic nitrogens is 3. The fraction of sp³-hybridized carbons (Fsp3) is 0.417. The molecule has 1 N–H and O–H groups in total. The summed E-state index contributed by atoms with van der Waals surface area (Å²) >= 11 is 1.59. The van der Waals surface area contributed by atoms with Gasteiger partial charge in [-0.05, 0) is 56.6 Å². The third-order valence-corrected chi connectivity index (χ3v) is 7.49. The number of anilines is 1. The Hall–Kier alpha value is -2.80. The summed E-state index contributed by atoms with van der Waals surface area (Å²) in [6.45, 7) is 5.36. The number of carbonyl (C=O) groups excluding carboxylic acids is 1. The van der Waals surface area contributed by atoms with E-state index in [1.54, 1.807) is 17.5 Å². The molecule has 2 aromatic heterocycles. The van der Waals surface area contributed by atoms with Crippen LogP contribution in [0.25, 0.3) is 10.4 Å². The van der Waals surface area contributed by atoms with E-state index in [0.717, 1.165) is 40.5 Å². The Morgan fingerprint density at radius 1 is 1.16 bits per heavy atom. The highest BCUT2D eigenvalue weighted by Gasteiger charge is 2.49. The minimum Gasteiger partial charge on any atom is -0.352 e. The van der Waals surface area contributed by atoms with Crippen molar-refractivity contribution in [3.8, 4) is 10.4 Å². The van der Waals surface area contributed by atoms with Crippen LogP contribution in [0, 0.1) is 19.3 Å². The molecular formula is C24H27N5OS. The Bertz CT molecular complexity index is 1090. The average molecular weight is 434 g/mol. The van der Waals surface area contributed by atoms with Crippen LogP contribution in [-0.2, 0) is 0 Å². The summed E-state index contributed by atoms with van der Waals surface area (Å²) in [6, 6.07) is 12.1. The molecule has 2 fully saturated rings. The molecule has 1 atom stereocenters. The summed E-state index contributed by atoms with van der Waals surface area (Å²) in [6.07, 6.45) is 6.43. The lowest BCUT2D eigenvalue weighted by atomic mass is 9.87. The van der Waals surface area contributed by atoms with Crippen molar-refractivity contribution in [3.05, 3.63) is 59.0 Å². The van der Waals surface area contributed by atoms with Gasteiger partial charge in [-0.15, -0.1) is 11.3 Å². The van der Waals surface area contributed by atoms with Gasteiger partial charge in [0.1, 0.15) is 5.69 Å². The van der Waals surface area contributed by atoms with Gasteiger partial charge in [0, 0.05) is 31.0 Å². The van der Waals surface area contributed by atoms with E-state index in [9.17, 15) is 4.79 Å². The van der Waals surface area contributed by atoms with E-state index in [2.05, 4.69) is 20.3 Å². The Morgan fingerprint density at radius 2 is 1.97 bits per heavy atom. The molecule has 1 saturated heterocycles. The number of thiazole rings is 1. The molecule has 0 bridgehead atoms. The Labute approximate surface area is 186 Å². The molecule has 5 rings (SSSR count). The number of piperidine rings is 1. The first-order valence-electron chi connectivity index (χ1n) is 10.9. The number of nitrogens with zero attached hydrogens (tertiary/aromatic N) is 4. The highest BCUT2D eigenvalue weighted by Crippen LogP contribution is 2.55. The van der Waals surface area contributed by atoms with E-state index in [4.69, 9.17) is 0 Å². The van der Waals surface area contributed by atoms with E-state index < -0.39 is 0 Å². The van der Waals surface area contributed by atoms with Crippen molar-refractivity contribution in [2.24, 2.45) is 5.41 Å². The molecule has 1 aliphatic heterocycles. The van der Waals surface area contributed by atoms with Crippen molar-refractivity contribution >= 4 is 23.2 Å². The third kappa shape index (κ3) is 4.19. The van der Waals surface area contributed by atoms with Gasteiger partial charge in [0.15, 0.2) is 0 Å². The predicted octanol–water partition coefficient (Wildman–Crippen LogP) is 4.71. The lowest BCUT2D eigenvalue weighted by molar-refractivity contribution is 0.0541. The fourth-order valence-corrected chi connectivity index (χ4v) is 5.49. The normalized spacial score (nSPS) is 19.4. The number of rotatable bonds is 5. The van der Waals surface area contributed by atoms with Gasteiger partial charge in [-0.1, -0.05) is 30.3 Å². The molecule has 1 spiro atoms. The first-order valence-corrected chi connectivity index (χ1v) is 11.7. The van der Waals surface area contributed by atoms with Crippen LogP contribution in [0.4, 0.5) is 5.95 Å². The number of aryl methyl sites for hydroxylation is 2. The number of hydrogen-bond donors (Lipinski definition) is 1. The molecule has 6 nitrogen and oxygen atoms in total. The van der Waals surface area contributed by atoms with Gasteiger partial charge in [-0.3, -0.25) is 4.79 Å². The zero-order valence-electron chi connectivity index (χ0n) is 18.0. The lowest BCUT2D eigenvalue weighted by Gasteiger charge is -2.40. The second kappa shape index (κ2) is 8.04. The second-order valence-corrected chi connectivity index (χ2v) is 9.99. The SMILES string of the molecule is Cc1ccnc(NCC2CC3(CCN2C(=O)c2nc(C)sc2-c2ccccc2)CC3)n1. The number of carbonyl (C=O) groups is 1. The van der Waals surface area contributed by atoms with Crippen molar-refractivity contribution in [1.82, 2.24) is 19.9 Å². The van der Waals surface area contributed by atoms with Crippen LogP contribution in [0.3, 0.4) is 0 Å². The number of benzene rings is 1. The molecule has 0 radical (unpaired) electrons. The lowest BCUT2D eigenvalue weighted by Crippen LogP contribution is -2.50. The first kappa shape index (κ1) is 20.1. The van der Waals surface area contributed by atoms with Gasteiger partial charge in [0.05, 0.1) is 9.88 Å². The molecule has 7 heteroatoms. The number of hydrogen-bond acceptors (Lipinski definition) is 6. The van der Waals surface area contributed by atoms with Gasteiger partial charge < -0.3 is 10.2 Å². The first-order chi connectivity index (χ1) is 15.0. The van der Waals surface area contributed by atoms with Crippen LogP contribution in [-0.4, -0.2) is 44.9 Å². The van der Waals surface area contributed by atoms with Gasteiger partial charge >= 0.3 is 0 Å². The highest BCUT2D eigenvalue weighted by molar-refractivity contribution is 7.15. The second-order valence-electron chi connectivity index (χ2n) is 8.79. The zero-order chi connectivity index (χ0) is 21.4. The number of nitrogens with one attached hydrogen (secondary N) is 1. The van der Waals surface area contributed by atoms with Gasteiger partial charge in [0.2, 0.25) is 5.95 Å². The molecule has 1 aliphatic carbocycles. The van der Waals surface area contributed by atoms with E-state index in [0.29, 0.717) is 23.6 Å². The van der Waals surface area contributed by atoms with Gasteiger partial charge in [-0.2, -0.15) is 0 Å². The maximum atomic E-state index is 13.7. The van der Waals surface area contributed by atoms with Crippen LogP contribution in [0.1, 0.15) is 46.9 Å². The molecule has 1 unspecified atom stereocenters. The average Bonchev–Trinajstić information content (AvgIpc) is 3.41. The van der Waals surface area contributed by atoms with Crippen molar-refractivity contribution in [2.45, 2.75) is 45.6 Å². The molecule has 1 saturated carbocycles. The molecule has 1 amide bonds. The Morgan fingerprint density at radius 3 is 2.71 bits per heavy atom. The largest absolute Gasteiger partial charge is 0.352 e. The molecule has 3 aromatic rings. The van der Waals surface area contributed by atoms with Crippen LogP contribution in [0.5, 0.6) is 0 Å². The number of amides is 1. The van der Waals surface area contributed by atoms with E-state index in [1.165, 1.54) is 12.8 Å². The van der Waals surface area contributed by atoms with Gasteiger partial charge in [0.25, 0.3) is 5.91 Å². The quantitative estimate of drug-likeness (QED) is 0.631. The summed E-state index contributed by atoms with van der Waals surface area (Å²) in [5.74, 6) is 0.660.